The van der Waals surface area contributed by atoms with Gasteiger partial charge in [0.15, 0.2) is 5.96 Å². The van der Waals surface area contributed by atoms with Gasteiger partial charge in [-0.05, 0) is 24.6 Å². The zero-order chi connectivity index (χ0) is 15.7. The summed E-state index contributed by atoms with van der Waals surface area (Å²) in [6.45, 7) is 2.62. The van der Waals surface area contributed by atoms with Crippen LogP contribution in [0.4, 0.5) is 13.2 Å². The topological polar surface area (TPSA) is 45.7 Å². The van der Waals surface area contributed by atoms with Crippen molar-refractivity contribution in [2.24, 2.45) is 4.99 Å². The smallest absolute Gasteiger partial charge is 0.390 e. The van der Waals surface area contributed by atoms with Crippen molar-refractivity contribution in [2.45, 2.75) is 26.1 Å². The minimum atomic E-state index is -4.17. The molecule has 0 saturated carbocycles. The summed E-state index contributed by atoms with van der Waals surface area (Å²) in [5.41, 5.74) is 0.948. The van der Waals surface area contributed by atoms with Gasteiger partial charge in [0.05, 0.1) is 20.1 Å². The lowest BCUT2D eigenvalue weighted by Crippen LogP contribution is -2.38. The average molecular weight is 303 g/mol. The molecule has 0 heterocycles. The molecule has 0 amide bonds. The lowest BCUT2D eigenvalue weighted by Gasteiger charge is -2.12. The van der Waals surface area contributed by atoms with E-state index in [1.807, 2.05) is 31.2 Å². The number of ether oxygens (including phenoxy) is 1. The summed E-state index contributed by atoms with van der Waals surface area (Å²) in [7, 11) is 1.58. The summed E-state index contributed by atoms with van der Waals surface area (Å²) in [6.07, 6.45) is -5.06. The van der Waals surface area contributed by atoms with Crippen LogP contribution >= 0.6 is 0 Å². The van der Waals surface area contributed by atoms with Crippen LogP contribution in [0.2, 0.25) is 0 Å². The predicted molar refractivity (Wildman–Crippen MR) is 76.5 cm³/mol. The van der Waals surface area contributed by atoms with Crippen molar-refractivity contribution in [3.8, 4) is 5.75 Å². The predicted octanol–water partition coefficient (Wildman–Crippen LogP) is 2.70. The van der Waals surface area contributed by atoms with Crippen LogP contribution in [-0.2, 0) is 6.54 Å². The lowest BCUT2D eigenvalue weighted by atomic mass is 10.2. The maximum atomic E-state index is 12.1. The third-order valence-electron chi connectivity index (χ3n) is 2.62. The standard InChI is InChI=1S/C14H20F3N3O/c1-3-18-13(19-9-8-14(15,16)17)20-10-11-4-6-12(21-2)7-5-11/h4-7H,3,8-10H2,1-2H3,(H2,18,19,20). The number of nitrogens with one attached hydrogen (secondary N) is 2. The Morgan fingerprint density at radius 1 is 1.19 bits per heavy atom. The number of rotatable bonds is 6. The van der Waals surface area contributed by atoms with Crippen LogP contribution in [0.15, 0.2) is 29.3 Å². The number of aliphatic imine (C=N–C) groups is 1. The average Bonchev–Trinajstić information content (AvgIpc) is 2.44. The van der Waals surface area contributed by atoms with E-state index in [1.165, 1.54) is 0 Å². The fourth-order valence-corrected chi connectivity index (χ4v) is 1.57. The van der Waals surface area contributed by atoms with E-state index in [2.05, 4.69) is 15.6 Å². The Bertz CT molecular complexity index is 444. The Hall–Kier alpha value is -1.92. The van der Waals surface area contributed by atoms with Gasteiger partial charge < -0.3 is 15.4 Å². The van der Waals surface area contributed by atoms with Gasteiger partial charge in [0.25, 0.3) is 0 Å². The van der Waals surface area contributed by atoms with Gasteiger partial charge in [-0.15, -0.1) is 0 Å². The van der Waals surface area contributed by atoms with Crippen LogP contribution in [0.5, 0.6) is 5.75 Å². The van der Waals surface area contributed by atoms with Crippen molar-refractivity contribution in [2.75, 3.05) is 20.2 Å². The third kappa shape index (κ3) is 7.43. The summed E-state index contributed by atoms with van der Waals surface area (Å²) in [6, 6.07) is 7.35. The molecule has 0 aromatic heterocycles. The van der Waals surface area contributed by atoms with Gasteiger partial charge in [-0.25, -0.2) is 4.99 Å². The molecule has 0 bridgehead atoms. The molecule has 1 aromatic rings. The van der Waals surface area contributed by atoms with E-state index in [4.69, 9.17) is 4.74 Å². The zero-order valence-electron chi connectivity index (χ0n) is 12.1. The normalized spacial score (nSPS) is 12.1. The molecule has 1 aromatic carbocycles. The van der Waals surface area contributed by atoms with E-state index in [9.17, 15) is 13.2 Å². The fourth-order valence-electron chi connectivity index (χ4n) is 1.57. The van der Waals surface area contributed by atoms with Crippen molar-refractivity contribution in [3.63, 3.8) is 0 Å². The number of alkyl halides is 3. The molecule has 0 saturated heterocycles. The molecule has 21 heavy (non-hydrogen) atoms. The largest absolute Gasteiger partial charge is 0.497 e. The Labute approximate surface area is 122 Å². The first-order valence-corrected chi connectivity index (χ1v) is 6.66. The molecule has 0 fully saturated rings. The summed E-state index contributed by atoms with van der Waals surface area (Å²) in [4.78, 5) is 4.25. The molecule has 0 atom stereocenters. The quantitative estimate of drug-likeness (QED) is 0.627. The highest BCUT2D eigenvalue weighted by Crippen LogP contribution is 2.18. The van der Waals surface area contributed by atoms with Crippen LogP contribution in [0.25, 0.3) is 0 Å². The van der Waals surface area contributed by atoms with Gasteiger partial charge in [0.2, 0.25) is 0 Å². The second-order valence-electron chi connectivity index (χ2n) is 4.34. The molecule has 0 aliphatic heterocycles. The van der Waals surface area contributed by atoms with E-state index < -0.39 is 12.6 Å². The van der Waals surface area contributed by atoms with E-state index in [1.54, 1.807) is 7.11 Å². The molecular weight excluding hydrogens is 283 g/mol. The summed E-state index contributed by atoms with van der Waals surface area (Å²) in [5, 5.41) is 5.57. The van der Waals surface area contributed by atoms with E-state index in [-0.39, 0.29) is 6.54 Å². The highest BCUT2D eigenvalue weighted by Gasteiger charge is 2.26. The monoisotopic (exact) mass is 303 g/mol. The van der Waals surface area contributed by atoms with Crippen LogP contribution < -0.4 is 15.4 Å². The molecule has 0 radical (unpaired) electrons. The maximum Gasteiger partial charge on any atom is 0.390 e. The first kappa shape index (κ1) is 17.1. The first-order valence-electron chi connectivity index (χ1n) is 6.66. The van der Waals surface area contributed by atoms with E-state index in [0.717, 1.165) is 11.3 Å². The van der Waals surface area contributed by atoms with Crippen LogP contribution in [0, 0.1) is 0 Å². The summed E-state index contributed by atoms with van der Waals surface area (Å²) in [5.74, 6) is 1.12. The summed E-state index contributed by atoms with van der Waals surface area (Å²) >= 11 is 0. The van der Waals surface area contributed by atoms with Crippen molar-refractivity contribution in [1.82, 2.24) is 10.6 Å². The fraction of sp³-hybridized carbons (Fsp3) is 0.500. The minimum absolute atomic E-state index is 0.196. The van der Waals surface area contributed by atoms with Gasteiger partial charge >= 0.3 is 6.18 Å². The van der Waals surface area contributed by atoms with Crippen LogP contribution in [-0.4, -0.2) is 32.3 Å². The number of hydrogen-bond acceptors (Lipinski definition) is 2. The number of benzene rings is 1. The van der Waals surface area contributed by atoms with Crippen LogP contribution in [0.3, 0.4) is 0 Å². The lowest BCUT2D eigenvalue weighted by molar-refractivity contribution is -0.132. The van der Waals surface area contributed by atoms with Gasteiger partial charge in [-0.2, -0.15) is 13.2 Å². The Morgan fingerprint density at radius 3 is 2.38 bits per heavy atom. The highest BCUT2D eigenvalue weighted by molar-refractivity contribution is 5.79. The molecule has 0 aliphatic carbocycles. The molecule has 0 spiro atoms. The van der Waals surface area contributed by atoms with Crippen LogP contribution in [0.1, 0.15) is 18.9 Å². The first-order chi connectivity index (χ1) is 9.94. The minimum Gasteiger partial charge on any atom is -0.497 e. The number of nitrogens with zero attached hydrogens (tertiary/aromatic N) is 1. The molecule has 7 heteroatoms. The van der Waals surface area contributed by atoms with Crippen molar-refractivity contribution >= 4 is 5.96 Å². The maximum absolute atomic E-state index is 12.1. The molecule has 1 rings (SSSR count). The molecule has 0 aliphatic rings. The van der Waals surface area contributed by atoms with E-state index >= 15 is 0 Å². The Morgan fingerprint density at radius 2 is 1.86 bits per heavy atom. The summed E-state index contributed by atoms with van der Waals surface area (Å²) < 4.78 is 41.4. The van der Waals surface area contributed by atoms with Crippen molar-refractivity contribution in [3.05, 3.63) is 29.8 Å². The molecule has 2 N–H and O–H groups in total. The number of hydrogen-bond donors (Lipinski definition) is 2. The van der Waals surface area contributed by atoms with Gasteiger partial charge in [0, 0.05) is 13.1 Å². The number of guanidine groups is 1. The zero-order valence-corrected chi connectivity index (χ0v) is 12.1. The number of halogens is 3. The van der Waals surface area contributed by atoms with Crippen molar-refractivity contribution in [1.29, 1.82) is 0 Å². The van der Waals surface area contributed by atoms with E-state index in [0.29, 0.717) is 19.0 Å². The second kappa shape index (κ2) is 8.39. The molecular formula is C14H20F3N3O. The van der Waals surface area contributed by atoms with Gasteiger partial charge in [-0.1, -0.05) is 12.1 Å². The molecule has 118 valence electrons. The molecule has 0 unspecified atom stereocenters. The molecule has 4 nitrogen and oxygen atoms in total. The van der Waals surface area contributed by atoms with Gasteiger partial charge in [0.1, 0.15) is 5.75 Å². The SMILES string of the molecule is CCNC(=NCc1ccc(OC)cc1)NCCC(F)(F)F. The Balaban J connectivity index is 2.53. The number of methoxy groups -OCH3 is 1. The second-order valence-corrected chi connectivity index (χ2v) is 4.34. The third-order valence-corrected chi connectivity index (χ3v) is 2.62. The van der Waals surface area contributed by atoms with Gasteiger partial charge in [-0.3, -0.25) is 0 Å². The van der Waals surface area contributed by atoms with Crippen molar-refractivity contribution < 1.29 is 17.9 Å². The Kier molecular flexibility index (Phi) is 6.84. The highest BCUT2D eigenvalue weighted by atomic mass is 19.4.